The Bertz CT molecular complexity index is 764. The second-order valence-corrected chi connectivity index (χ2v) is 5.15. The van der Waals surface area contributed by atoms with Gasteiger partial charge in [0.1, 0.15) is 11.3 Å². The number of fused-ring (bicyclic) bond motifs is 3. The first kappa shape index (κ1) is 13.4. The summed E-state index contributed by atoms with van der Waals surface area (Å²) in [5.74, 6) is 0.900. The summed E-state index contributed by atoms with van der Waals surface area (Å²) >= 11 is 6.40. The van der Waals surface area contributed by atoms with Crippen LogP contribution in [0.15, 0.2) is 34.7 Å². The van der Waals surface area contributed by atoms with Gasteiger partial charge < -0.3 is 14.5 Å². The molecule has 0 unspecified atom stereocenters. The lowest BCUT2D eigenvalue weighted by atomic mass is 10.0. The van der Waals surface area contributed by atoms with Crippen LogP contribution in [0, 0.1) is 0 Å². The summed E-state index contributed by atoms with van der Waals surface area (Å²) < 4.78 is 11.4. The third kappa shape index (κ3) is 2.08. The Kier molecular flexibility index (Phi) is 3.66. The van der Waals surface area contributed by atoms with Crippen molar-refractivity contribution in [3.05, 3.63) is 46.7 Å². The fourth-order valence-electron chi connectivity index (χ4n) is 2.58. The van der Waals surface area contributed by atoms with Crippen LogP contribution in [0.3, 0.4) is 0 Å². The minimum absolute atomic E-state index is 0.513. The van der Waals surface area contributed by atoms with Gasteiger partial charge in [0.15, 0.2) is 0 Å². The van der Waals surface area contributed by atoms with Crippen LogP contribution in [0.5, 0.6) is 0 Å². The van der Waals surface area contributed by atoms with Crippen molar-refractivity contribution in [1.82, 2.24) is 5.32 Å². The molecule has 0 radical (unpaired) electrons. The maximum absolute atomic E-state index is 6.40. The van der Waals surface area contributed by atoms with E-state index in [4.69, 9.17) is 20.8 Å². The number of rotatable bonds is 4. The molecule has 0 atom stereocenters. The summed E-state index contributed by atoms with van der Waals surface area (Å²) in [6, 6.07) is 9.98. The summed E-state index contributed by atoms with van der Waals surface area (Å²) in [6.45, 7) is 1.18. The molecule has 2 aromatic carbocycles. The van der Waals surface area contributed by atoms with Gasteiger partial charge in [0.2, 0.25) is 0 Å². The van der Waals surface area contributed by atoms with Crippen LogP contribution in [0.2, 0.25) is 5.02 Å². The van der Waals surface area contributed by atoms with Crippen LogP contribution >= 0.6 is 11.6 Å². The number of ether oxygens (including phenoxy) is 1. The van der Waals surface area contributed by atoms with E-state index in [0.717, 1.165) is 38.1 Å². The summed E-state index contributed by atoms with van der Waals surface area (Å²) in [4.78, 5) is 0. The summed E-state index contributed by atoms with van der Waals surface area (Å²) in [6.07, 6.45) is 0. The topological polar surface area (TPSA) is 34.4 Å². The van der Waals surface area contributed by atoms with E-state index < -0.39 is 0 Å². The molecule has 104 valence electrons. The van der Waals surface area contributed by atoms with Crippen LogP contribution in [-0.2, 0) is 17.9 Å². The minimum atomic E-state index is 0.513. The lowest BCUT2D eigenvalue weighted by Crippen LogP contribution is -2.06. The van der Waals surface area contributed by atoms with E-state index in [0.29, 0.717) is 13.2 Å². The monoisotopic (exact) mass is 289 g/mol. The van der Waals surface area contributed by atoms with Crippen LogP contribution < -0.4 is 5.32 Å². The standard InChI is InChI=1S/C16H16ClNO2/c1-18-8-15-13(9-19-2)12-7-14(17)10-5-3-4-6-11(10)16(12)20-15/h3-7,18H,8-9H2,1-2H3. The molecule has 0 fully saturated rings. The molecule has 20 heavy (non-hydrogen) atoms. The summed E-state index contributed by atoms with van der Waals surface area (Å²) in [5, 5.41) is 6.94. The zero-order valence-electron chi connectivity index (χ0n) is 11.5. The van der Waals surface area contributed by atoms with Crippen LogP contribution in [0.1, 0.15) is 11.3 Å². The zero-order valence-corrected chi connectivity index (χ0v) is 12.3. The fourth-order valence-corrected chi connectivity index (χ4v) is 2.85. The van der Waals surface area contributed by atoms with Gasteiger partial charge in [-0.25, -0.2) is 0 Å². The predicted octanol–water partition coefficient (Wildman–Crippen LogP) is 4.11. The van der Waals surface area contributed by atoms with Crippen molar-refractivity contribution in [3.8, 4) is 0 Å². The van der Waals surface area contributed by atoms with E-state index in [1.54, 1.807) is 7.11 Å². The van der Waals surface area contributed by atoms with E-state index in [1.165, 1.54) is 0 Å². The molecule has 1 N–H and O–H groups in total. The van der Waals surface area contributed by atoms with Gasteiger partial charge in [-0.1, -0.05) is 35.9 Å². The van der Waals surface area contributed by atoms with Crippen molar-refractivity contribution >= 4 is 33.3 Å². The van der Waals surface area contributed by atoms with Gasteiger partial charge in [0.25, 0.3) is 0 Å². The third-order valence-corrected chi connectivity index (χ3v) is 3.77. The highest BCUT2D eigenvalue weighted by atomic mass is 35.5. The average molecular weight is 290 g/mol. The number of hydrogen-bond donors (Lipinski definition) is 1. The molecule has 0 spiro atoms. The number of nitrogens with one attached hydrogen (secondary N) is 1. The summed E-state index contributed by atoms with van der Waals surface area (Å²) in [5.41, 5.74) is 1.94. The molecule has 3 rings (SSSR count). The van der Waals surface area contributed by atoms with Gasteiger partial charge >= 0.3 is 0 Å². The Morgan fingerprint density at radius 1 is 1.20 bits per heavy atom. The Morgan fingerprint density at radius 3 is 2.65 bits per heavy atom. The molecular formula is C16H16ClNO2. The zero-order chi connectivity index (χ0) is 14.1. The number of benzene rings is 2. The minimum Gasteiger partial charge on any atom is -0.459 e. The van der Waals surface area contributed by atoms with Crippen molar-refractivity contribution in [2.45, 2.75) is 13.2 Å². The molecule has 0 saturated heterocycles. The van der Waals surface area contributed by atoms with Gasteiger partial charge in [0, 0.05) is 33.9 Å². The maximum Gasteiger partial charge on any atom is 0.142 e. The smallest absolute Gasteiger partial charge is 0.142 e. The van der Waals surface area contributed by atoms with Crippen molar-refractivity contribution in [2.75, 3.05) is 14.2 Å². The van der Waals surface area contributed by atoms with Crippen LogP contribution in [-0.4, -0.2) is 14.2 Å². The Morgan fingerprint density at radius 2 is 1.95 bits per heavy atom. The molecule has 4 heteroatoms. The molecule has 3 aromatic rings. The van der Waals surface area contributed by atoms with Crippen molar-refractivity contribution in [1.29, 1.82) is 0 Å². The SMILES string of the molecule is CNCc1oc2c(cc(Cl)c3ccccc32)c1COC. The lowest BCUT2D eigenvalue weighted by molar-refractivity contribution is 0.183. The number of hydrogen-bond acceptors (Lipinski definition) is 3. The highest BCUT2D eigenvalue weighted by Gasteiger charge is 2.17. The van der Waals surface area contributed by atoms with Gasteiger partial charge in [-0.2, -0.15) is 0 Å². The van der Waals surface area contributed by atoms with E-state index in [-0.39, 0.29) is 0 Å². The van der Waals surface area contributed by atoms with Crippen molar-refractivity contribution in [3.63, 3.8) is 0 Å². The Hall–Kier alpha value is -1.55. The molecule has 0 amide bonds. The molecule has 0 aliphatic rings. The lowest BCUT2D eigenvalue weighted by Gasteiger charge is -2.03. The Balaban J connectivity index is 2.38. The van der Waals surface area contributed by atoms with E-state index in [9.17, 15) is 0 Å². The first-order valence-corrected chi connectivity index (χ1v) is 6.89. The van der Waals surface area contributed by atoms with Gasteiger partial charge in [-0.05, 0) is 13.1 Å². The molecule has 1 heterocycles. The van der Waals surface area contributed by atoms with Crippen molar-refractivity contribution < 1.29 is 9.15 Å². The molecule has 0 aliphatic carbocycles. The molecule has 0 bridgehead atoms. The van der Waals surface area contributed by atoms with Gasteiger partial charge in [-0.3, -0.25) is 0 Å². The molecule has 0 aliphatic heterocycles. The largest absolute Gasteiger partial charge is 0.459 e. The number of furan rings is 1. The molecule has 1 aromatic heterocycles. The fraction of sp³-hybridized carbons (Fsp3) is 0.250. The average Bonchev–Trinajstić information content (AvgIpc) is 2.79. The van der Waals surface area contributed by atoms with Crippen LogP contribution in [0.25, 0.3) is 21.7 Å². The molecular weight excluding hydrogens is 274 g/mol. The second-order valence-electron chi connectivity index (χ2n) is 4.75. The quantitative estimate of drug-likeness (QED) is 0.785. The second kappa shape index (κ2) is 5.44. The Labute approximate surface area is 122 Å². The third-order valence-electron chi connectivity index (χ3n) is 3.46. The van der Waals surface area contributed by atoms with E-state index in [2.05, 4.69) is 5.32 Å². The normalized spacial score (nSPS) is 11.6. The highest BCUT2D eigenvalue weighted by Crippen LogP contribution is 2.36. The molecule has 3 nitrogen and oxygen atoms in total. The first-order chi connectivity index (χ1) is 9.76. The summed E-state index contributed by atoms with van der Waals surface area (Å²) in [7, 11) is 3.58. The highest BCUT2D eigenvalue weighted by molar-refractivity contribution is 6.37. The first-order valence-electron chi connectivity index (χ1n) is 6.51. The van der Waals surface area contributed by atoms with Gasteiger partial charge in [-0.15, -0.1) is 0 Å². The van der Waals surface area contributed by atoms with Crippen LogP contribution in [0.4, 0.5) is 0 Å². The number of methoxy groups -OCH3 is 1. The van der Waals surface area contributed by atoms with Gasteiger partial charge in [0.05, 0.1) is 13.2 Å². The maximum atomic E-state index is 6.40. The number of halogens is 1. The van der Waals surface area contributed by atoms with Crippen molar-refractivity contribution in [2.24, 2.45) is 0 Å². The predicted molar refractivity (Wildman–Crippen MR) is 82.2 cm³/mol. The van der Waals surface area contributed by atoms with E-state index in [1.807, 2.05) is 37.4 Å². The van der Waals surface area contributed by atoms with E-state index >= 15 is 0 Å². The molecule has 0 saturated carbocycles.